The third-order valence-electron chi connectivity index (χ3n) is 10.7. The van der Waals surface area contributed by atoms with Gasteiger partial charge < -0.3 is 19.1 Å². The molecular formula is C49H45N5O4. The summed E-state index contributed by atoms with van der Waals surface area (Å²) < 4.78 is 15.8. The third kappa shape index (κ3) is 6.95. The van der Waals surface area contributed by atoms with Crippen LogP contribution in [-0.4, -0.2) is 51.7 Å². The van der Waals surface area contributed by atoms with Gasteiger partial charge in [0.05, 0.1) is 19.5 Å². The number of fused-ring (bicyclic) bond motifs is 1. The molecule has 0 saturated carbocycles. The molecule has 0 bridgehead atoms. The molecule has 290 valence electrons. The van der Waals surface area contributed by atoms with Crippen LogP contribution in [0.15, 0.2) is 188 Å². The summed E-state index contributed by atoms with van der Waals surface area (Å²) >= 11 is 0. The smallest absolute Gasteiger partial charge is 0.181 e. The zero-order valence-electron chi connectivity index (χ0n) is 32.4. The van der Waals surface area contributed by atoms with Crippen LogP contribution >= 0.6 is 0 Å². The summed E-state index contributed by atoms with van der Waals surface area (Å²) in [6, 6.07) is 60.7. The van der Waals surface area contributed by atoms with Gasteiger partial charge in [-0.25, -0.2) is 20.4 Å². The van der Waals surface area contributed by atoms with E-state index in [0.29, 0.717) is 22.8 Å². The minimum atomic E-state index is -1.11. The summed E-state index contributed by atoms with van der Waals surface area (Å²) in [7, 11) is 3.17. The lowest BCUT2D eigenvalue weighted by molar-refractivity contribution is -0.200. The maximum Gasteiger partial charge on any atom is 0.181 e. The van der Waals surface area contributed by atoms with Gasteiger partial charge in [-0.15, -0.1) is 0 Å². The predicted molar refractivity (Wildman–Crippen MR) is 226 cm³/mol. The van der Waals surface area contributed by atoms with Gasteiger partial charge in [-0.1, -0.05) is 182 Å². The molecule has 2 heterocycles. The largest absolute Gasteiger partial charge is 0.396 e. The molecule has 9 heteroatoms. The minimum Gasteiger partial charge on any atom is -0.396 e. The first kappa shape index (κ1) is 38.4. The number of aliphatic hydroxyl groups is 1. The van der Waals surface area contributed by atoms with E-state index in [0.717, 1.165) is 33.4 Å². The lowest BCUT2D eigenvalue weighted by atomic mass is 9.68. The van der Waals surface area contributed by atoms with E-state index in [9.17, 15) is 5.11 Å². The lowest BCUT2D eigenvalue weighted by Gasteiger charge is -2.40. The molecule has 8 rings (SSSR count). The summed E-state index contributed by atoms with van der Waals surface area (Å²) in [6.45, 7) is -0.161. The van der Waals surface area contributed by atoms with E-state index >= 15 is 0 Å². The molecule has 2 aromatic heterocycles. The van der Waals surface area contributed by atoms with Gasteiger partial charge in [0, 0.05) is 13.7 Å². The average molecular weight is 768 g/mol. The maximum atomic E-state index is 10.8. The van der Waals surface area contributed by atoms with Crippen molar-refractivity contribution in [1.82, 2.24) is 19.5 Å². The fraction of sp³-hybridized carbons (Fsp3) is 0.163. The number of benzene rings is 6. The first-order valence-electron chi connectivity index (χ1n) is 19.3. The van der Waals surface area contributed by atoms with E-state index in [4.69, 9.17) is 29.3 Å². The molecule has 0 saturated heterocycles. The topological polar surface area (TPSA) is 104 Å². The standard InChI is InChI=1S/C49H45N5O4/c1-56-46(58-49(39-27-15-6-16-28-39,40-29-17-7-18-30-40)41-31-19-8-20-32-41)42(33-34-55)54-35-50-43-44(53-57-2)51-47(52-45(43)54)48(36-21-9-3-10-22-36,37-23-11-4-12-24-37)38-25-13-5-14-26-38/h3-32,35,42,46,55H,33-34H2,1-2H3,(H,51,52,53). The Morgan fingerprint density at radius 1 is 0.586 bits per heavy atom. The number of aliphatic hydroxyl groups excluding tert-OH is 1. The molecule has 0 aliphatic heterocycles. The van der Waals surface area contributed by atoms with Crippen molar-refractivity contribution < 1.29 is 19.4 Å². The van der Waals surface area contributed by atoms with Gasteiger partial charge in [0.25, 0.3) is 0 Å². The van der Waals surface area contributed by atoms with Gasteiger partial charge in [0.15, 0.2) is 29.1 Å². The molecule has 0 radical (unpaired) electrons. The quantitative estimate of drug-likeness (QED) is 0.0571. The summed E-state index contributed by atoms with van der Waals surface area (Å²) in [5.41, 5.74) is 7.60. The molecule has 0 spiro atoms. The first-order valence-corrected chi connectivity index (χ1v) is 19.3. The molecule has 6 aromatic carbocycles. The van der Waals surface area contributed by atoms with Crippen LogP contribution in [0.2, 0.25) is 0 Å². The summed E-state index contributed by atoms with van der Waals surface area (Å²) in [4.78, 5) is 21.1. The Balaban J connectivity index is 1.37. The molecule has 2 N–H and O–H groups in total. The zero-order chi connectivity index (χ0) is 39.8. The number of anilines is 1. The van der Waals surface area contributed by atoms with E-state index in [1.807, 2.05) is 114 Å². The predicted octanol–water partition coefficient (Wildman–Crippen LogP) is 9.09. The van der Waals surface area contributed by atoms with Crippen LogP contribution in [-0.2, 0) is 25.3 Å². The highest BCUT2D eigenvalue weighted by molar-refractivity contribution is 5.83. The maximum absolute atomic E-state index is 10.8. The Hall–Kier alpha value is -6.49. The molecule has 8 aromatic rings. The van der Waals surface area contributed by atoms with Gasteiger partial charge in [-0.2, -0.15) is 0 Å². The van der Waals surface area contributed by atoms with Gasteiger partial charge in [0.2, 0.25) is 0 Å². The zero-order valence-corrected chi connectivity index (χ0v) is 32.4. The molecule has 0 aliphatic rings. The third-order valence-corrected chi connectivity index (χ3v) is 10.7. The highest BCUT2D eigenvalue weighted by atomic mass is 16.7. The van der Waals surface area contributed by atoms with Crippen molar-refractivity contribution in [3.05, 3.63) is 228 Å². The number of hydrogen-bond donors (Lipinski definition) is 2. The van der Waals surface area contributed by atoms with Crippen molar-refractivity contribution in [2.24, 2.45) is 0 Å². The van der Waals surface area contributed by atoms with Gasteiger partial charge >= 0.3 is 0 Å². The van der Waals surface area contributed by atoms with E-state index in [-0.39, 0.29) is 13.0 Å². The number of rotatable bonds is 16. The van der Waals surface area contributed by atoms with Crippen molar-refractivity contribution in [2.45, 2.75) is 29.8 Å². The highest BCUT2D eigenvalue weighted by Crippen LogP contribution is 2.46. The Morgan fingerprint density at radius 3 is 1.38 bits per heavy atom. The summed E-state index contributed by atoms with van der Waals surface area (Å²) in [5, 5.41) is 10.8. The Labute approximate surface area is 338 Å². The molecule has 2 atom stereocenters. The van der Waals surface area contributed by atoms with Crippen LogP contribution in [0.1, 0.15) is 51.7 Å². The second-order valence-electron chi connectivity index (χ2n) is 14.0. The van der Waals surface area contributed by atoms with Crippen LogP contribution in [0, 0.1) is 0 Å². The Bertz CT molecular complexity index is 2310. The van der Waals surface area contributed by atoms with E-state index in [2.05, 4.69) is 78.3 Å². The lowest BCUT2D eigenvalue weighted by Crippen LogP contribution is -2.41. The normalized spacial score (nSPS) is 12.9. The van der Waals surface area contributed by atoms with Crippen LogP contribution in [0.4, 0.5) is 5.82 Å². The fourth-order valence-corrected chi connectivity index (χ4v) is 8.17. The number of imidazole rings is 1. The highest BCUT2D eigenvalue weighted by Gasteiger charge is 2.44. The number of methoxy groups -OCH3 is 1. The minimum absolute atomic E-state index is 0.161. The van der Waals surface area contributed by atoms with E-state index in [1.54, 1.807) is 20.5 Å². The molecule has 58 heavy (non-hydrogen) atoms. The van der Waals surface area contributed by atoms with E-state index < -0.39 is 23.3 Å². The summed E-state index contributed by atoms with van der Waals surface area (Å²) in [5.74, 6) is 0.882. The number of hydrogen-bond acceptors (Lipinski definition) is 8. The van der Waals surface area contributed by atoms with Crippen molar-refractivity contribution in [1.29, 1.82) is 0 Å². The van der Waals surface area contributed by atoms with Crippen molar-refractivity contribution in [2.75, 3.05) is 26.3 Å². The SMILES string of the molecule is CONc1nc(C(c2ccccc2)(c2ccccc2)c2ccccc2)nc2c1ncn2C(CCO)C(OC)OC(c1ccccc1)(c1ccccc1)c1ccccc1. The van der Waals surface area contributed by atoms with Gasteiger partial charge in [-0.3, -0.25) is 4.84 Å². The molecule has 0 aliphatic carbocycles. The van der Waals surface area contributed by atoms with E-state index in [1.165, 1.54) is 0 Å². The second kappa shape index (κ2) is 17.3. The number of ether oxygens (including phenoxy) is 2. The van der Waals surface area contributed by atoms with Crippen LogP contribution in [0.3, 0.4) is 0 Å². The van der Waals surface area contributed by atoms with Crippen molar-refractivity contribution in [3.8, 4) is 0 Å². The van der Waals surface area contributed by atoms with Gasteiger partial charge in [-0.05, 0) is 39.8 Å². The molecule has 0 fully saturated rings. The number of nitrogens with one attached hydrogen (secondary N) is 1. The fourth-order valence-electron chi connectivity index (χ4n) is 8.17. The van der Waals surface area contributed by atoms with Crippen molar-refractivity contribution >= 4 is 17.0 Å². The first-order chi connectivity index (χ1) is 28.6. The Kier molecular flexibility index (Phi) is 11.5. The molecule has 9 nitrogen and oxygen atoms in total. The number of nitrogens with zero attached hydrogens (tertiary/aromatic N) is 4. The van der Waals surface area contributed by atoms with Crippen LogP contribution in [0.5, 0.6) is 0 Å². The summed E-state index contributed by atoms with van der Waals surface area (Å²) in [6.07, 6.45) is 1.04. The van der Waals surface area contributed by atoms with Crippen LogP contribution in [0.25, 0.3) is 11.2 Å². The Morgan fingerprint density at radius 2 is 1.00 bits per heavy atom. The van der Waals surface area contributed by atoms with Crippen LogP contribution < -0.4 is 5.48 Å². The van der Waals surface area contributed by atoms with Gasteiger partial charge in [0.1, 0.15) is 11.0 Å². The molecule has 2 unspecified atom stereocenters. The van der Waals surface area contributed by atoms with Crippen molar-refractivity contribution in [3.63, 3.8) is 0 Å². The average Bonchev–Trinajstić information content (AvgIpc) is 3.73. The second-order valence-corrected chi connectivity index (χ2v) is 14.0. The number of aromatic nitrogens is 4. The molecule has 0 amide bonds. The monoisotopic (exact) mass is 767 g/mol. The molecular weight excluding hydrogens is 723 g/mol.